The summed E-state index contributed by atoms with van der Waals surface area (Å²) in [6.07, 6.45) is 0. The van der Waals surface area contributed by atoms with Gasteiger partial charge in [-0.2, -0.15) is 0 Å². The van der Waals surface area contributed by atoms with Crippen LogP contribution in [-0.4, -0.2) is 20.4 Å². The van der Waals surface area contributed by atoms with E-state index in [1.54, 1.807) is 11.3 Å². The first-order valence-electron chi connectivity index (χ1n) is 7.17. The van der Waals surface area contributed by atoms with Gasteiger partial charge in [0, 0.05) is 5.56 Å². The maximum Gasteiger partial charge on any atom is 0.277 e. The molecular weight excluding hydrogens is 344 g/mol. The number of thioether (sulfide) groups is 1. The summed E-state index contributed by atoms with van der Waals surface area (Å²) in [5, 5.41) is 18.6. The Bertz CT molecular complexity index is 929. The third-order valence-corrected chi connectivity index (χ3v) is 4.88. The zero-order valence-corrected chi connectivity index (χ0v) is 14.3. The van der Waals surface area contributed by atoms with Gasteiger partial charge in [-0.05, 0) is 30.5 Å². The monoisotopic (exact) mass is 356 g/mol. The highest BCUT2D eigenvalue weighted by atomic mass is 32.2. The Morgan fingerprint density at radius 3 is 2.58 bits per heavy atom. The molecule has 0 saturated carbocycles. The highest BCUT2D eigenvalue weighted by Crippen LogP contribution is 2.27. The molecule has 3 heterocycles. The standard InChI is InChI=1S/C16H12N4O2S2/c1-10-4-6-11(7-5-10)14-18-20-16(22-14)24-9-13-17-19-15(21-13)12-3-2-8-23-12/h2-8H,9H2,1H3. The molecule has 0 aliphatic rings. The lowest BCUT2D eigenvalue weighted by Gasteiger charge is -1.95. The van der Waals surface area contributed by atoms with Gasteiger partial charge in [-0.25, -0.2) is 0 Å². The summed E-state index contributed by atoms with van der Waals surface area (Å²) < 4.78 is 11.3. The molecule has 1 aromatic carbocycles. The van der Waals surface area contributed by atoms with Crippen molar-refractivity contribution < 1.29 is 8.83 Å². The highest BCUT2D eigenvalue weighted by molar-refractivity contribution is 7.98. The molecule has 0 bridgehead atoms. The van der Waals surface area contributed by atoms with Crippen LogP contribution in [0.25, 0.3) is 22.2 Å². The second-order valence-corrected chi connectivity index (χ2v) is 6.88. The third-order valence-electron chi connectivity index (χ3n) is 3.22. The van der Waals surface area contributed by atoms with Gasteiger partial charge in [0.1, 0.15) is 0 Å². The van der Waals surface area contributed by atoms with E-state index in [4.69, 9.17) is 8.83 Å². The van der Waals surface area contributed by atoms with Crippen molar-refractivity contribution in [3.05, 3.63) is 53.2 Å². The predicted molar refractivity (Wildman–Crippen MR) is 91.6 cm³/mol. The molecule has 120 valence electrons. The minimum absolute atomic E-state index is 0.474. The molecule has 4 rings (SSSR count). The van der Waals surface area contributed by atoms with Crippen LogP contribution in [0.15, 0.2) is 55.8 Å². The summed E-state index contributed by atoms with van der Waals surface area (Å²) >= 11 is 2.93. The van der Waals surface area contributed by atoms with Gasteiger partial charge in [0.25, 0.3) is 11.1 Å². The first-order chi connectivity index (χ1) is 11.8. The van der Waals surface area contributed by atoms with E-state index in [0.29, 0.717) is 28.6 Å². The molecule has 0 unspecified atom stereocenters. The molecule has 0 amide bonds. The molecule has 0 radical (unpaired) electrons. The average Bonchev–Trinajstić information content (AvgIpc) is 3.34. The van der Waals surface area contributed by atoms with Gasteiger partial charge >= 0.3 is 0 Å². The summed E-state index contributed by atoms with van der Waals surface area (Å²) in [5.74, 6) is 2.04. The van der Waals surface area contributed by atoms with Gasteiger partial charge in [0.05, 0.1) is 10.6 Å². The molecule has 0 aliphatic carbocycles. The second-order valence-electron chi connectivity index (χ2n) is 5.01. The van der Waals surface area contributed by atoms with Crippen molar-refractivity contribution in [2.75, 3.05) is 0 Å². The Morgan fingerprint density at radius 1 is 0.958 bits per heavy atom. The fourth-order valence-electron chi connectivity index (χ4n) is 2.02. The van der Waals surface area contributed by atoms with E-state index in [1.807, 2.05) is 48.7 Å². The molecule has 0 N–H and O–H groups in total. The largest absolute Gasteiger partial charge is 0.419 e. The van der Waals surface area contributed by atoms with Gasteiger partial charge in [0.15, 0.2) is 0 Å². The Balaban J connectivity index is 1.42. The van der Waals surface area contributed by atoms with Crippen LogP contribution in [0, 0.1) is 6.92 Å². The lowest BCUT2D eigenvalue weighted by molar-refractivity contribution is 0.464. The molecule has 0 saturated heterocycles. The van der Waals surface area contributed by atoms with E-state index >= 15 is 0 Å². The molecule has 3 aromatic heterocycles. The lowest BCUT2D eigenvalue weighted by atomic mass is 10.1. The fraction of sp³-hybridized carbons (Fsp3) is 0.125. The predicted octanol–water partition coefficient (Wildman–Crippen LogP) is 4.45. The minimum atomic E-state index is 0.474. The Hall–Kier alpha value is -2.45. The molecule has 0 spiro atoms. The molecule has 0 atom stereocenters. The van der Waals surface area contributed by atoms with E-state index in [9.17, 15) is 0 Å². The fourth-order valence-corrected chi connectivity index (χ4v) is 3.26. The van der Waals surface area contributed by atoms with Crippen LogP contribution >= 0.6 is 23.1 Å². The first-order valence-corrected chi connectivity index (χ1v) is 9.04. The number of benzene rings is 1. The van der Waals surface area contributed by atoms with Crippen molar-refractivity contribution in [3.63, 3.8) is 0 Å². The zero-order chi connectivity index (χ0) is 16.4. The first kappa shape index (κ1) is 15.1. The Kier molecular flexibility index (Phi) is 4.14. The van der Waals surface area contributed by atoms with Crippen LogP contribution < -0.4 is 0 Å². The second kappa shape index (κ2) is 6.58. The number of hydrogen-bond donors (Lipinski definition) is 0. The Labute approximate surface area is 146 Å². The van der Waals surface area contributed by atoms with Crippen molar-refractivity contribution in [1.29, 1.82) is 0 Å². The summed E-state index contributed by atoms with van der Waals surface area (Å²) in [6.45, 7) is 2.04. The summed E-state index contributed by atoms with van der Waals surface area (Å²) in [7, 11) is 0. The normalized spacial score (nSPS) is 11.0. The smallest absolute Gasteiger partial charge is 0.277 e. The lowest BCUT2D eigenvalue weighted by Crippen LogP contribution is -1.80. The van der Waals surface area contributed by atoms with Crippen molar-refractivity contribution in [1.82, 2.24) is 20.4 Å². The molecule has 8 heteroatoms. The SMILES string of the molecule is Cc1ccc(-c2nnc(SCc3nnc(-c4cccs4)o3)o2)cc1. The maximum absolute atomic E-state index is 5.66. The minimum Gasteiger partial charge on any atom is -0.419 e. The summed E-state index contributed by atoms with van der Waals surface area (Å²) in [6, 6.07) is 11.8. The van der Waals surface area contributed by atoms with Crippen molar-refractivity contribution in [2.45, 2.75) is 17.9 Å². The van der Waals surface area contributed by atoms with E-state index < -0.39 is 0 Å². The number of aryl methyl sites for hydroxylation is 1. The quantitative estimate of drug-likeness (QED) is 0.489. The van der Waals surface area contributed by atoms with E-state index in [-0.39, 0.29) is 0 Å². The topological polar surface area (TPSA) is 77.8 Å². The molecule has 24 heavy (non-hydrogen) atoms. The van der Waals surface area contributed by atoms with Crippen LogP contribution in [0.4, 0.5) is 0 Å². The van der Waals surface area contributed by atoms with Crippen molar-refractivity contribution >= 4 is 23.1 Å². The molecule has 6 nitrogen and oxygen atoms in total. The number of rotatable bonds is 5. The highest BCUT2D eigenvalue weighted by Gasteiger charge is 2.13. The molecular formula is C16H12N4O2S2. The van der Waals surface area contributed by atoms with E-state index in [0.717, 1.165) is 10.4 Å². The maximum atomic E-state index is 5.66. The van der Waals surface area contributed by atoms with Crippen LogP contribution in [0.3, 0.4) is 0 Å². The number of hydrogen-bond acceptors (Lipinski definition) is 8. The van der Waals surface area contributed by atoms with Gasteiger partial charge in [-0.15, -0.1) is 31.7 Å². The number of aromatic nitrogens is 4. The van der Waals surface area contributed by atoms with E-state index in [2.05, 4.69) is 20.4 Å². The van der Waals surface area contributed by atoms with Crippen molar-refractivity contribution in [3.8, 4) is 22.2 Å². The van der Waals surface area contributed by atoms with Gasteiger partial charge < -0.3 is 8.83 Å². The summed E-state index contributed by atoms with van der Waals surface area (Å²) in [4.78, 5) is 0.957. The van der Waals surface area contributed by atoms with E-state index in [1.165, 1.54) is 17.3 Å². The van der Waals surface area contributed by atoms with Crippen LogP contribution in [-0.2, 0) is 5.75 Å². The molecule has 0 fully saturated rings. The van der Waals surface area contributed by atoms with Gasteiger partial charge in [-0.3, -0.25) is 0 Å². The van der Waals surface area contributed by atoms with Gasteiger partial charge in [0.2, 0.25) is 11.8 Å². The van der Waals surface area contributed by atoms with Crippen LogP contribution in [0.5, 0.6) is 0 Å². The molecule has 0 aliphatic heterocycles. The Morgan fingerprint density at radius 2 is 1.79 bits per heavy atom. The summed E-state index contributed by atoms with van der Waals surface area (Å²) in [5.41, 5.74) is 2.09. The molecule has 4 aromatic rings. The van der Waals surface area contributed by atoms with Crippen LogP contribution in [0.1, 0.15) is 11.5 Å². The average molecular weight is 356 g/mol. The number of thiophene rings is 1. The third kappa shape index (κ3) is 3.24. The number of nitrogens with zero attached hydrogens (tertiary/aromatic N) is 4. The zero-order valence-electron chi connectivity index (χ0n) is 12.7. The van der Waals surface area contributed by atoms with Crippen molar-refractivity contribution in [2.24, 2.45) is 0 Å². The van der Waals surface area contributed by atoms with Crippen LogP contribution in [0.2, 0.25) is 0 Å². The van der Waals surface area contributed by atoms with Gasteiger partial charge in [-0.1, -0.05) is 35.5 Å².